The molecule has 0 aliphatic carbocycles. The lowest BCUT2D eigenvalue weighted by Gasteiger charge is -2.04. The lowest BCUT2D eigenvalue weighted by molar-refractivity contribution is -0.113. The summed E-state index contributed by atoms with van der Waals surface area (Å²) in [6.45, 7) is 0. The van der Waals surface area contributed by atoms with E-state index in [0.29, 0.717) is 21.3 Å². The number of nitrogens with zero attached hydrogens (tertiary/aromatic N) is 1. The molecule has 0 saturated carbocycles. The minimum Gasteiger partial charge on any atom is -0.465 e. The number of hydrogen-bond donors (Lipinski definition) is 1. The van der Waals surface area contributed by atoms with Gasteiger partial charge >= 0.3 is 5.97 Å². The Labute approximate surface area is 159 Å². The predicted octanol–water partition coefficient (Wildman–Crippen LogP) is 2.64. The van der Waals surface area contributed by atoms with Gasteiger partial charge in [-0.15, -0.1) is 0 Å². The standard InChI is InChI=1S/C18H16N2O5S2/c1-25-17(22)13-7-8-14-15(9-13)26-18(19-14)20-16(21)11-27(23,24)10-12-5-3-2-4-6-12/h2-9H,10-11H2,1H3,(H,19,20,21). The Morgan fingerprint density at radius 3 is 2.59 bits per heavy atom. The van der Waals surface area contributed by atoms with Crippen LogP contribution in [0.2, 0.25) is 0 Å². The second-order valence-electron chi connectivity index (χ2n) is 5.76. The molecule has 9 heteroatoms. The van der Waals surface area contributed by atoms with Crippen LogP contribution in [-0.2, 0) is 25.1 Å². The third-order valence-corrected chi connectivity index (χ3v) is 6.05. The monoisotopic (exact) mass is 404 g/mol. The zero-order chi connectivity index (χ0) is 19.4. The molecule has 0 aliphatic heterocycles. The van der Waals surface area contributed by atoms with E-state index in [4.69, 9.17) is 0 Å². The molecule has 0 saturated heterocycles. The Morgan fingerprint density at radius 2 is 1.89 bits per heavy atom. The van der Waals surface area contributed by atoms with E-state index in [0.717, 1.165) is 11.3 Å². The van der Waals surface area contributed by atoms with Crippen LogP contribution >= 0.6 is 11.3 Å². The predicted molar refractivity (Wildman–Crippen MR) is 104 cm³/mol. The van der Waals surface area contributed by atoms with Crippen LogP contribution in [0.15, 0.2) is 48.5 Å². The van der Waals surface area contributed by atoms with Crippen molar-refractivity contribution in [2.45, 2.75) is 5.75 Å². The SMILES string of the molecule is COC(=O)c1ccc2nc(NC(=O)CS(=O)(=O)Cc3ccccc3)sc2c1. The summed E-state index contributed by atoms with van der Waals surface area (Å²) >= 11 is 1.15. The minimum atomic E-state index is -3.60. The number of carbonyl (C=O) groups excluding carboxylic acids is 2. The summed E-state index contributed by atoms with van der Waals surface area (Å²) in [6, 6.07) is 13.5. The first-order valence-corrected chi connectivity index (χ1v) is 10.5. The molecule has 0 fully saturated rings. The van der Waals surface area contributed by atoms with Crippen molar-refractivity contribution < 1.29 is 22.7 Å². The molecule has 7 nitrogen and oxygen atoms in total. The largest absolute Gasteiger partial charge is 0.465 e. The first-order valence-electron chi connectivity index (χ1n) is 7.89. The molecule has 0 atom stereocenters. The van der Waals surface area contributed by atoms with Gasteiger partial charge in [0.25, 0.3) is 0 Å². The molecule has 0 unspecified atom stereocenters. The molecule has 0 aliphatic rings. The molecular formula is C18H16N2O5S2. The van der Waals surface area contributed by atoms with E-state index in [9.17, 15) is 18.0 Å². The van der Waals surface area contributed by atoms with Gasteiger partial charge in [0.05, 0.1) is 28.6 Å². The van der Waals surface area contributed by atoms with Gasteiger partial charge in [-0.1, -0.05) is 41.7 Å². The summed E-state index contributed by atoms with van der Waals surface area (Å²) in [6.07, 6.45) is 0. The number of fused-ring (bicyclic) bond motifs is 1. The maximum atomic E-state index is 12.2. The van der Waals surface area contributed by atoms with Gasteiger partial charge < -0.3 is 10.1 Å². The van der Waals surface area contributed by atoms with E-state index in [1.54, 1.807) is 48.5 Å². The third-order valence-electron chi connectivity index (χ3n) is 3.64. The number of esters is 1. The van der Waals surface area contributed by atoms with Crippen LogP contribution in [0.4, 0.5) is 5.13 Å². The maximum absolute atomic E-state index is 12.2. The van der Waals surface area contributed by atoms with Crippen molar-refractivity contribution in [2.75, 3.05) is 18.2 Å². The van der Waals surface area contributed by atoms with E-state index < -0.39 is 27.5 Å². The Kier molecular flexibility index (Phi) is 5.52. The number of methoxy groups -OCH3 is 1. The summed E-state index contributed by atoms with van der Waals surface area (Å²) in [5.41, 5.74) is 1.59. The molecular weight excluding hydrogens is 388 g/mol. The molecule has 3 rings (SSSR count). The number of nitrogens with one attached hydrogen (secondary N) is 1. The number of amides is 1. The lowest BCUT2D eigenvalue weighted by atomic mass is 10.2. The second-order valence-corrected chi connectivity index (χ2v) is 8.85. The normalized spacial score (nSPS) is 11.3. The quantitative estimate of drug-likeness (QED) is 0.634. The molecule has 3 aromatic rings. The molecule has 27 heavy (non-hydrogen) atoms. The fraction of sp³-hybridized carbons (Fsp3) is 0.167. The van der Waals surface area contributed by atoms with Gasteiger partial charge in [0, 0.05) is 0 Å². The van der Waals surface area contributed by atoms with Crippen molar-refractivity contribution in [3.8, 4) is 0 Å². The number of benzene rings is 2. The van der Waals surface area contributed by atoms with Crippen molar-refractivity contribution in [2.24, 2.45) is 0 Å². The number of ether oxygens (including phenoxy) is 1. The summed E-state index contributed by atoms with van der Waals surface area (Å²) in [7, 11) is -2.31. The number of rotatable bonds is 6. The highest BCUT2D eigenvalue weighted by Gasteiger charge is 2.19. The summed E-state index contributed by atoms with van der Waals surface area (Å²) in [5, 5.41) is 2.78. The van der Waals surface area contributed by atoms with Gasteiger partial charge in [0.15, 0.2) is 15.0 Å². The Morgan fingerprint density at radius 1 is 1.15 bits per heavy atom. The van der Waals surface area contributed by atoms with Crippen molar-refractivity contribution in [1.82, 2.24) is 4.98 Å². The number of thiazole rings is 1. The van der Waals surface area contributed by atoms with Crippen LogP contribution in [0.25, 0.3) is 10.2 Å². The molecule has 1 amide bonds. The molecule has 0 radical (unpaired) electrons. The molecule has 1 aromatic heterocycles. The third kappa shape index (κ3) is 4.89. The van der Waals surface area contributed by atoms with Crippen molar-refractivity contribution >= 4 is 48.4 Å². The van der Waals surface area contributed by atoms with Gasteiger partial charge in [0.2, 0.25) is 5.91 Å². The number of carbonyl (C=O) groups is 2. The topological polar surface area (TPSA) is 102 Å². The fourth-order valence-corrected chi connectivity index (χ4v) is 4.65. The minimum absolute atomic E-state index is 0.205. The average Bonchev–Trinajstić information content (AvgIpc) is 3.01. The van der Waals surface area contributed by atoms with Gasteiger partial charge in [-0.3, -0.25) is 4.79 Å². The zero-order valence-electron chi connectivity index (χ0n) is 14.3. The highest BCUT2D eigenvalue weighted by atomic mass is 32.2. The van der Waals surface area contributed by atoms with Gasteiger partial charge in [0.1, 0.15) is 5.75 Å². The van der Waals surface area contributed by atoms with E-state index in [2.05, 4.69) is 15.0 Å². The Bertz CT molecular complexity index is 1090. The van der Waals surface area contributed by atoms with E-state index in [1.165, 1.54) is 7.11 Å². The van der Waals surface area contributed by atoms with E-state index >= 15 is 0 Å². The Balaban J connectivity index is 1.69. The van der Waals surface area contributed by atoms with Crippen molar-refractivity contribution in [3.05, 3.63) is 59.7 Å². The molecule has 1 N–H and O–H groups in total. The first kappa shape index (κ1) is 19.0. The van der Waals surface area contributed by atoms with Crippen molar-refractivity contribution in [3.63, 3.8) is 0 Å². The molecule has 0 bridgehead atoms. The number of hydrogen-bond acceptors (Lipinski definition) is 7. The molecule has 0 spiro atoms. The zero-order valence-corrected chi connectivity index (χ0v) is 16.0. The number of anilines is 1. The summed E-state index contributed by atoms with van der Waals surface area (Å²) in [4.78, 5) is 27.9. The van der Waals surface area contributed by atoms with Crippen LogP contribution < -0.4 is 5.32 Å². The highest BCUT2D eigenvalue weighted by molar-refractivity contribution is 7.91. The van der Waals surface area contributed by atoms with Crippen LogP contribution in [0.5, 0.6) is 0 Å². The van der Waals surface area contributed by atoms with Crippen LogP contribution in [0.1, 0.15) is 15.9 Å². The summed E-state index contributed by atoms with van der Waals surface area (Å²) < 4.78 is 29.7. The lowest BCUT2D eigenvalue weighted by Crippen LogP contribution is -2.23. The van der Waals surface area contributed by atoms with Crippen LogP contribution in [-0.4, -0.2) is 38.1 Å². The van der Waals surface area contributed by atoms with E-state index in [1.807, 2.05) is 0 Å². The highest BCUT2D eigenvalue weighted by Crippen LogP contribution is 2.27. The second kappa shape index (κ2) is 7.85. The first-order chi connectivity index (χ1) is 12.9. The van der Waals surface area contributed by atoms with Gasteiger partial charge in [-0.2, -0.15) is 0 Å². The van der Waals surface area contributed by atoms with Crippen LogP contribution in [0, 0.1) is 0 Å². The van der Waals surface area contributed by atoms with Crippen molar-refractivity contribution in [1.29, 1.82) is 0 Å². The van der Waals surface area contributed by atoms with Gasteiger partial charge in [-0.05, 0) is 23.8 Å². The molecule has 140 valence electrons. The molecule has 2 aromatic carbocycles. The maximum Gasteiger partial charge on any atom is 0.337 e. The van der Waals surface area contributed by atoms with Gasteiger partial charge in [-0.25, -0.2) is 18.2 Å². The molecule has 1 heterocycles. The fourth-order valence-electron chi connectivity index (χ4n) is 2.46. The van der Waals surface area contributed by atoms with E-state index in [-0.39, 0.29) is 10.9 Å². The number of aromatic nitrogens is 1. The summed E-state index contributed by atoms with van der Waals surface area (Å²) in [5.74, 6) is -1.96. The smallest absolute Gasteiger partial charge is 0.337 e. The van der Waals surface area contributed by atoms with Crippen LogP contribution in [0.3, 0.4) is 0 Å². The number of sulfone groups is 1. The average molecular weight is 404 g/mol. The Hall–Kier alpha value is -2.78.